The standard InChI is InChI=1S/C15H12F4O2/c1-7-8(2)21-9(3)13(7)14(20)10-4-5-11(12(16)6-10)15(17,18)19/h4-6H,1-3H3. The molecule has 2 rings (SSSR count). The van der Waals surface area contributed by atoms with Crippen molar-refractivity contribution in [3.05, 3.63) is 57.8 Å². The molecule has 0 atom stereocenters. The third-order valence-corrected chi connectivity index (χ3v) is 3.33. The lowest BCUT2D eigenvalue weighted by Crippen LogP contribution is -2.10. The van der Waals surface area contributed by atoms with Gasteiger partial charge in [0.15, 0.2) is 5.78 Å². The summed E-state index contributed by atoms with van der Waals surface area (Å²) in [6.07, 6.45) is -4.79. The maximum Gasteiger partial charge on any atom is 0.419 e. The molecule has 0 saturated heterocycles. The summed E-state index contributed by atoms with van der Waals surface area (Å²) >= 11 is 0. The fourth-order valence-electron chi connectivity index (χ4n) is 2.16. The summed E-state index contributed by atoms with van der Waals surface area (Å²) in [7, 11) is 0. The van der Waals surface area contributed by atoms with Crippen LogP contribution in [0.25, 0.3) is 0 Å². The normalized spacial score (nSPS) is 11.8. The minimum absolute atomic E-state index is 0.146. The van der Waals surface area contributed by atoms with Crippen LogP contribution in [0.1, 0.15) is 38.6 Å². The summed E-state index contributed by atoms with van der Waals surface area (Å²) in [5, 5.41) is 0. The highest BCUT2D eigenvalue weighted by Gasteiger charge is 2.34. The number of ketones is 1. The van der Waals surface area contributed by atoms with E-state index in [1.54, 1.807) is 20.8 Å². The van der Waals surface area contributed by atoms with Gasteiger partial charge in [0.25, 0.3) is 0 Å². The van der Waals surface area contributed by atoms with Gasteiger partial charge in [-0.2, -0.15) is 13.2 Å². The van der Waals surface area contributed by atoms with Crippen molar-refractivity contribution in [1.82, 2.24) is 0 Å². The average molecular weight is 300 g/mol. The molecule has 0 amide bonds. The maximum atomic E-state index is 13.5. The molecule has 112 valence electrons. The predicted octanol–water partition coefficient (Wildman–Crippen LogP) is 4.59. The van der Waals surface area contributed by atoms with E-state index in [0.29, 0.717) is 29.2 Å². The Morgan fingerprint density at radius 2 is 1.71 bits per heavy atom. The lowest BCUT2D eigenvalue weighted by atomic mass is 9.98. The van der Waals surface area contributed by atoms with Crippen molar-refractivity contribution in [2.45, 2.75) is 26.9 Å². The maximum absolute atomic E-state index is 13.5. The summed E-state index contributed by atoms with van der Waals surface area (Å²) < 4.78 is 56.3. The molecule has 1 aromatic heterocycles. The molecule has 0 spiro atoms. The molecule has 0 N–H and O–H groups in total. The fourth-order valence-corrected chi connectivity index (χ4v) is 2.16. The molecule has 2 nitrogen and oxygen atoms in total. The first-order chi connectivity index (χ1) is 9.62. The van der Waals surface area contributed by atoms with Gasteiger partial charge in [0.2, 0.25) is 0 Å². The van der Waals surface area contributed by atoms with Crippen LogP contribution in [0.5, 0.6) is 0 Å². The molecule has 0 saturated carbocycles. The average Bonchev–Trinajstić information content (AvgIpc) is 2.61. The molecule has 0 fully saturated rings. The number of furan rings is 1. The Labute approximate surface area is 118 Å². The van der Waals surface area contributed by atoms with Crippen LogP contribution in [0.15, 0.2) is 22.6 Å². The van der Waals surface area contributed by atoms with Gasteiger partial charge in [0.05, 0.1) is 11.1 Å². The monoisotopic (exact) mass is 300 g/mol. The molecule has 2 aromatic rings. The first kappa shape index (κ1) is 15.3. The molecular weight excluding hydrogens is 288 g/mol. The van der Waals surface area contributed by atoms with Crippen molar-refractivity contribution >= 4 is 5.78 Å². The third-order valence-electron chi connectivity index (χ3n) is 3.33. The molecule has 0 bridgehead atoms. The van der Waals surface area contributed by atoms with Crippen LogP contribution in [-0.4, -0.2) is 5.78 Å². The van der Waals surface area contributed by atoms with Crippen molar-refractivity contribution in [2.24, 2.45) is 0 Å². The van der Waals surface area contributed by atoms with E-state index < -0.39 is 23.3 Å². The Bertz CT molecular complexity index is 711. The lowest BCUT2D eigenvalue weighted by Gasteiger charge is -2.09. The molecule has 1 heterocycles. The van der Waals surface area contributed by atoms with Crippen LogP contribution in [-0.2, 0) is 6.18 Å². The Hall–Kier alpha value is -2.11. The van der Waals surface area contributed by atoms with Gasteiger partial charge in [-0.1, -0.05) is 6.07 Å². The smallest absolute Gasteiger partial charge is 0.419 e. The second kappa shape index (κ2) is 5.02. The fraction of sp³-hybridized carbons (Fsp3) is 0.267. The van der Waals surface area contributed by atoms with Gasteiger partial charge in [-0.3, -0.25) is 4.79 Å². The van der Waals surface area contributed by atoms with E-state index in [9.17, 15) is 22.4 Å². The highest BCUT2D eigenvalue weighted by Crippen LogP contribution is 2.32. The van der Waals surface area contributed by atoms with Gasteiger partial charge in [-0.15, -0.1) is 0 Å². The van der Waals surface area contributed by atoms with Gasteiger partial charge >= 0.3 is 6.18 Å². The van der Waals surface area contributed by atoms with Crippen LogP contribution < -0.4 is 0 Å². The van der Waals surface area contributed by atoms with Crippen molar-refractivity contribution in [3.63, 3.8) is 0 Å². The number of aryl methyl sites for hydroxylation is 2. The van der Waals surface area contributed by atoms with Gasteiger partial charge in [0, 0.05) is 11.1 Å². The molecule has 6 heteroatoms. The first-order valence-corrected chi connectivity index (χ1v) is 6.11. The Balaban J connectivity index is 2.48. The van der Waals surface area contributed by atoms with E-state index in [1.165, 1.54) is 0 Å². The number of rotatable bonds is 2. The largest absolute Gasteiger partial charge is 0.466 e. The summed E-state index contributed by atoms with van der Waals surface area (Å²) in [4.78, 5) is 12.3. The summed E-state index contributed by atoms with van der Waals surface area (Å²) in [5.74, 6) is -1.13. The van der Waals surface area contributed by atoms with Gasteiger partial charge in [-0.25, -0.2) is 4.39 Å². The number of hydrogen-bond donors (Lipinski definition) is 0. The third kappa shape index (κ3) is 2.70. The second-order valence-electron chi connectivity index (χ2n) is 4.74. The highest BCUT2D eigenvalue weighted by molar-refractivity contribution is 6.10. The number of alkyl halides is 3. The summed E-state index contributed by atoms with van der Waals surface area (Å²) in [6.45, 7) is 4.92. The van der Waals surface area contributed by atoms with Crippen molar-refractivity contribution in [3.8, 4) is 0 Å². The van der Waals surface area contributed by atoms with Crippen LogP contribution in [0.4, 0.5) is 17.6 Å². The lowest BCUT2D eigenvalue weighted by molar-refractivity contribution is -0.140. The number of benzene rings is 1. The van der Waals surface area contributed by atoms with Crippen LogP contribution in [0, 0.1) is 26.6 Å². The van der Waals surface area contributed by atoms with Gasteiger partial charge in [-0.05, 0) is 32.9 Å². The number of hydrogen-bond acceptors (Lipinski definition) is 2. The zero-order chi connectivity index (χ0) is 15.9. The molecule has 1 aromatic carbocycles. The zero-order valence-corrected chi connectivity index (χ0v) is 11.6. The van der Waals surface area contributed by atoms with E-state index in [4.69, 9.17) is 4.42 Å². The van der Waals surface area contributed by atoms with Crippen LogP contribution >= 0.6 is 0 Å². The summed E-state index contributed by atoms with van der Waals surface area (Å²) in [5.41, 5.74) is -0.687. The number of carbonyl (C=O) groups is 1. The zero-order valence-electron chi connectivity index (χ0n) is 11.6. The van der Waals surface area contributed by atoms with Crippen LogP contribution in [0.3, 0.4) is 0 Å². The molecular formula is C15H12F4O2. The predicted molar refractivity (Wildman–Crippen MR) is 67.8 cm³/mol. The van der Waals surface area contributed by atoms with Crippen LogP contribution in [0.2, 0.25) is 0 Å². The van der Waals surface area contributed by atoms with E-state index in [0.717, 1.165) is 6.07 Å². The molecule has 21 heavy (non-hydrogen) atoms. The number of halogens is 4. The quantitative estimate of drug-likeness (QED) is 0.599. The van der Waals surface area contributed by atoms with E-state index in [2.05, 4.69) is 0 Å². The Kier molecular flexibility index (Phi) is 3.65. The van der Waals surface area contributed by atoms with E-state index in [-0.39, 0.29) is 11.1 Å². The molecule has 0 aliphatic rings. The van der Waals surface area contributed by atoms with Gasteiger partial charge < -0.3 is 4.42 Å². The Morgan fingerprint density at radius 3 is 2.14 bits per heavy atom. The van der Waals surface area contributed by atoms with Crippen molar-refractivity contribution in [1.29, 1.82) is 0 Å². The number of carbonyl (C=O) groups excluding carboxylic acids is 1. The molecule has 0 unspecified atom stereocenters. The minimum atomic E-state index is -4.79. The van der Waals surface area contributed by atoms with Gasteiger partial charge in [0.1, 0.15) is 17.3 Å². The van der Waals surface area contributed by atoms with Crippen molar-refractivity contribution in [2.75, 3.05) is 0 Å². The first-order valence-electron chi connectivity index (χ1n) is 6.11. The molecule has 0 radical (unpaired) electrons. The highest BCUT2D eigenvalue weighted by atomic mass is 19.4. The Morgan fingerprint density at radius 1 is 1.10 bits per heavy atom. The SMILES string of the molecule is Cc1oc(C)c(C(=O)c2ccc(C(F)(F)F)c(F)c2)c1C. The molecule has 0 aliphatic heterocycles. The van der Waals surface area contributed by atoms with Crippen molar-refractivity contribution < 1.29 is 26.8 Å². The minimum Gasteiger partial charge on any atom is -0.466 e. The van der Waals surface area contributed by atoms with E-state index >= 15 is 0 Å². The summed E-state index contributed by atoms with van der Waals surface area (Å²) in [6, 6.07) is 2.14. The van der Waals surface area contributed by atoms with E-state index in [1.807, 2.05) is 0 Å². The molecule has 0 aliphatic carbocycles. The second-order valence-corrected chi connectivity index (χ2v) is 4.74. The topological polar surface area (TPSA) is 30.2 Å².